The van der Waals surface area contributed by atoms with Gasteiger partial charge in [-0.25, -0.2) is 4.79 Å². The van der Waals surface area contributed by atoms with Crippen LogP contribution in [0, 0.1) is 0 Å². The van der Waals surface area contributed by atoms with E-state index in [4.69, 9.17) is 15.6 Å². The van der Waals surface area contributed by atoms with E-state index in [1.807, 2.05) is 36.4 Å². The maximum Gasteiger partial charge on any atom is 0.331 e. The molecule has 0 saturated heterocycles. The molecular weight excluding hydrogens is 398 g/mol. The van der Waals surface area contributed by atoms with E-state index < -0.39 is 18.0 Å². The number of carbonyl (C=O) groups excluding carboxylic acids is 1. The van der Waals surface area contributed by atoms with Crippen LogP contribution in [0.25, 0.3) is 11.1 Å². The van der Waals surface area contributed by atoms with E-state index in [-0.39, 0.29) is 18.9 Å². The molecule has 0 saturated carbocycles. The van der Waals surface area contributed by atoms with Crippen LogP contribution in [0.2, 0.25) is 0 Å². The molecule has 0 aliphatic heterocycles. The van der Waals surface area contributed by atoms with Gasteiger partial charge in [0.2, 0.25) is 0 Å². The van der Waals surface area contributed by atoms with Crippen LogP contribution in [-0.4, -0.2) is 29.7 Å². The Balaban J connectivity index is 1.70. The first-order valence-electron chi connectivity index (χ1n) is 8.17. The first kappa shape index (κ1) is 18.4. The largest absolute Gasteiger partial charge is 0.480 e. The van der Waals surface area contributed by atoms with Crippen molar-refractivity contribution >= 4 is 27.9 Å². The molecule has 26 heavy (non-hydrogen) atoms. The summed E-state index contributed by atoms with van der Waals surface area (Å²) in [7, 11) is 0. The van der Waals surface area contributed by atoms with E-state index in [0.29, 0.717) is 4.48 Å². The lowest BCUT2D eigenvalue weighted by molar-refractivity contribution is -0.139. The topological polar surface area (TPSA) is 89.6 Å². The molecule has 1 atom stereocenters. The van der Waals surface area contributed by atoms with Crippen LogP contribution in [0.5, 0.6) is 0 Å². The monoisotopic (exact) mass is 415 g/mol. The zero-order valence-electron chi connectivity index (χ0n) is 13.9. The van der Waals surface area contributed by atoms with Gasteiger partial charge in [0.05, 0.1) is 0 Å². The molecule has 2 aromatic rings. The van der Waals surface area contributed by atoms with Crippen molar-refractivity contribution in [3.8, 4) is 11.1 Å². The van der Waals surface area contributed by atoms with Gasteiger partial charge in [-0.05, 0) is 22.3 Å². The maximum absolute atomic E-state index is 12.1. The molecule has 2 aromatic carbocycles. The minimum absolute atomic E-state index is 0.0141. The van der Waals surface area contributed by atoms with Gasteiger partial charge in [0, 0.05) is 22.9 Å². The second-order valence-corrected chi connectivity index (χ2v) is 7.12. The van der Waals surface area contributed by atoms with Crippen LogP contribution in [0.4, 0.5) is 0 Å². The Hall–Kier alpha value is -2.44. The minimum atomic E-state index is -1.12. The third kappa shape index (κ3) is 3.86. The van der Waals surface area contributed by atoms with Gasteiger partial charge in [-0.15, -0.1) is 0 Å². The van der Waals surface area contributed by atoms with Crippen LogP contribution >= 0.6 is 15.9 Å². The maximum atomic E-state index is 12.1. The van der Waals surface area contributed by atoms with Crippen LogP contribution < -0.4 is 5.73 Å². The van der Waals surface area contributed by atoms with Gasteiger partial charge in [-0.2, -0.15) is 0 Å². The molecule has 1 aliphatic carbocycles. The van der Waals surface area contributed by atoms with Crippen molar-refractivity contribution in [1.29, 1.82) is 0 Å². The lowest BCUT2D eigenvalue weighted by Gasteiger charge is -2.13. The molecule has 0 aromatic heterocycles. The molecule has 6 heteroatoms. The average molecular weight is 416 g/mol. The zero-order chi connectivity index (χ0) is 18.7. The van der Waals surface area contributed by atoms with E-state index in [0.717, 1.165) is 22.3 Å². The van der Waals surface area contributed by atoms with E-state index in [2.05, 4.69) is 28.1 Å². The summed E-state index contributed by atoms with van der Waals surface area (Å²) in [6, 6.07) is 15.1. The summed E-state index contributed by atoms with van der Waals surface area (Å²) in [5, 5.41) is 8.81. The standard InChI is InChI=1S/C20H18BrNO4/c21-12(9-18(22)20(24)25)10-19(23)26-11-17-15-7-3-1-5-13(15)14-6-2-4-8-16(14)17/h1-8,10,17-18H,9,11,22H2,(H,24,25)/b12-10-/t18-/m0/s1. The third-order valence-corrected chi connectivity index (χ3v) is 4.91. The number of fused-ring (bicyclic) bond motifs is 3. The molecule has 0 spiro atoms. The van der Waals surface area contributed by atoms with Gasteiger partial charge in [0.25, 0.3) is 0 Å². The molecule has 0 heterocycles. The Labute approximate surface area is 159 Å². The summed E-state index contributed by atoms with van der Waals surface area (Å²) in [5.74, 6) is -1.67. The molecular formula is C20H18BrNO4. The van der Waals surface area contributed by atoms with Gasteiger partial charge in [-0.3, -0.25) is 4.79 Å². The molecule has 0 radical (unpaired) electrons. The number of carboxylic acids is 1. The van der Waals surface area contributed by atoms with E-state index in [1.54, 1.807) is 0 Å². The van der Waals surface area contributed by atoms with Crippen molar-refractivity contribution in [2.45, 2.75) is 18.4 Å². The fraction of sp³-hybridized carbons (Fsp3) is 0.200. The van der Waals surface area contributed by atoms with Crippen molar-refractivity contribution < 1.29 is 19.4 Å². The first-order chi connectivity index (χ1) is 12.5. The average Bonchev–Trinajstić information content (AvgIpc) is 2.93. The van der Waals surface area contributed by atoms with E-state index >= 15 is 0 Å². The van der Waals surface area contributed by atoms with E-state index in [9.17, 15) is 9.59 Å². The van der Waals surface area contributed by atoms with Gasteiger partial charge in [0.15, 0.2) is 0 Å². The number of ether oxygens (including phenoxy) is 1. The lowest BCUT2D eigenvalue weighted by Crippen LogP contribution is -2.29. The summed E-state index contributed by atoms with van der Waals surface area (Å²) < 4.78 is 5.81. The molecule has 134 valence electrons. The zero-order valence-corrected chi connectivity index (χ0v) is 15.5. The van der Waals surface area contributed by atoms with Crippen LogP contribution in [0.1, 0.15) is 23.5 Å². The normalized spacial score (nSPS) is 14.5. The van der Waals surface area contributed by atoms with Crippen molar-refractivity contribution in [1.82, 2.24) is 0 Å². The molecule has 3 N–H and O–H groups in total. The summed E-state index contributed by atoms with van der Waals surface area (Å²) >= 11 is 3.17. The highest BCUT2D eigenvalue weighted by Gasteiger charge is 2.28. The highest BCUT2D eigenvalue weighted by molar-refractivity contribution is 9.11. The SMILES string of the molecule is N[C@@H](C/C(Br)=C/C(=O)OCC1c2ccccc2-c2ccccc21)C(=O)O. The van der Waals surface area contributed by atoms with Crippen LogP contribution in [-0.2, 0) is 14.3 Å². The number of carbonyl (C=O) groups is 2. The van der Waals surface area contributed by atoms with Gasteiger partial charge < -0.3 is 15.6 Å². The Kier molecular flexibility index (Phi) is 5.54. The number of nitrogens with two attached hydrogens (primary N) is 1. The number of aliphatic carboxylic acids is 1. The summed E-state index contributed by atoms with van der Waals surface area (Å²) in [6.07, 6.45) is 1.26. The van der Waals surface area contributed by atoms with Crippen molar-refractivity contribution in [3.63, 3.8) is 0 Å². The Bertz CT molecular complexity index is 832. The Morgan fingerprint density at radius 2 is 1.65 bits per heavy atom. The number of esters is 1. The molecule has 5 nitrogen and oxygen atoms in total. The molecule has 0 amide bonds. The highest BCUT2D eigenvalue weighted by atomic mass is 79.9. The predicted octanol–water partition coefficient (Wildman–Crippen LogP) is 3.42. The summed E-state index contributed by atoms with van der Waals surface area (Å²) in [4.78, 5) is 22.8. The summed E-state index contributed by atoms with van der Waals surface area (Å²) in [5.41, 5.74) is 10.0. The Morgan fingerprint density at radius 3 is 2.19 bits per heavy atom. The number of rotatable bonds is 6. The number of carboxylic acid groups (broad SMARTS) is 1. The van der Waals surface area contributed by atoms with Crippen molar-refractivity contribution in [3.05, 3.63) is 70.2 Å². The molecule has 3 rings (SSSR count). The second-order valence-electron chi connectivity index (χ2n) is 6.10. The van der Waals surface area contributed by atoms with Gasteiger partial charge in [0.1, 0.15) is 12.6 Å². The number of halogens is 1. The second kappa shape index (κ2) is 7.85. The predicted molar refractivity (Wildman–Crippen MR) is 102 cm³/mol. The number of hydrogen-bond donors (Lipinski definition) is 2. The number of benzene rings is 2. The molecule has 0 bridgehead atoms. The Morgan fingerprint density at radius 1 is 1.12 bits per heavy atom. The molecule has 0 fully saturated rings. The number of hydrogen-bond acceptors (Lipinski definition) is 4. The van der Waals surface area contributed by atoms with E-state index in [1.165, 1.54) is 6.08 Å². The van der Waals surface area contributed by atoms with Crippen molar-refractivity contribution in [2.24, 2.45) is 5.73 Å². The summed E-state index contributed by atoms with van der Waals surface area (Å²) in [6.45, 7) is 0.217. The minimum Gasteiger partial charge on any atom is -0.480 e. The fourth-order valence-corrected chi connectivity index (χ4v) is 3.67. The lowest BCUT2D eigenvalue weighted by atomic mass is 9.98. The highest BCUT2D eigenvalue weighted by Crippen LogP contribution is 2.44. The smallest absolute Gasteiger partial charge is 0.331 e. The van der Waals surface area contributed by atoms with Crippen LogP contribution in [0.15, 0.2) is 59.1 Å². The third-order valence-electron chi connectivity index (χ3n) is 4.36. The van der Waals surface area contributed by atoms with Gasteiger partial charge >= 0.3 is 11.9 Å². The quantitative estimate of drug-likeness (QED) is 0.557. The van der Waals surface area contributed by atoms with Gasteiger partial charge in [-0.1, -0.05) is 64.5 Å². The molecule has 0 unspecified atom stereocenters. The van der Waals surface area contributed by atoms with Crippen molar-refractivity contribution in [2.75, 3.05) is 6.61 Å². The molecule has 1 aliphatic rings. The first-order valence-corrected chi connectivity index (χ1v) is 8.96. The van der Waals surface area contributed by atoms with Crippen LogP contribution in [0.3, 0.4) is 0 Å². The fourth-order valence-electron chi connectivity index (χ4n) is 3.13.